The molecule has 1 aromatic carbocycles. The number of benzene rings is 1. The molecule has 1 amide bonds. The number of carbonyl (C=O) groups is 1. The second kappa shape index (κ2) is 5.99. The van der Waals surface area contributed by atoms with Crippen LogP contribution >= 0.6 is 0 Å². The van der Waals surface area contributed by atoms with Crippen molar-refractivity contribution in [3.05, 3.63) is 35.1 Å². The molecular weight excluding hydrogens is 334 g/mol. The van der Waals surface area contributed by atoms with E-state index in [1.165, 1.54) is 6.42 Å². The Morgan fingerprint density at radius 3 is 2.20 bits per heavy atom. The summed E-state index contributed by atoms with van der Waals surface area (Å²) in [6.45, 7) is -0.212. The van der Waals surface area contributed by atoms with Crippen molar-refractivity contribution >= 4 is 5.91 Å². The Labute approximate surface area is 144 Å². The highest BCUT2D eigenvalue weighted by atomic mass is 19.4. The first-order valence-electron chi connectivity index (χ1n) is 8.94. The molecule has 4 bridgehead atoms. The summed E-state index contributed by atoms with van der Waals surface area (Å²) in [7, 11) is 0. The summed E-state index contributed by atoms with van der Waals surface area (Å²) in [5.41, 5.74) is -1.11. The molecule has 0 aliphatic heterocycles. The largest absolute Gasteiger partial charge is 0.416 e. The van der Waals surface area contributed by atoms with Gasteiger partial charge in [-0.25, -0.2) is 4.39 Å². The van der Waals surface area contributed by atoms with Crippen LogP contribution in [-0.4, -0.2) is 5.91 Å². The van der Waals surface area contributed by atoms with Crippen molar-refractivity contribution in [2.24, 2.45) is 29.6 Å². The molecule has 0 saturated heterocycles. The van der Waals surface area contributed by atoms with Gasteiger partial charge in [-0.15, -0.1) is 0 Å². The Balaban J connectivity index is 1.46. The Bertz CT molecular complexity index is 656. The molecule has 1 aromatic rings. The first-order chi connectivity index (χ1) is 11.8. The van der Waals surface area contributed by atoms with Gasteiger partial charge in [0.1, 0.15) is 5.82 Å². The molecule has 6 heteroatoms. The van der Waals surface area contributed by atoms with Gasteiger partial charge in [-0.05, 0) is 73.5 Å². The number of alkyl halides is 3. The summed E-state index contributed by atoms with van der Waals surface area (Å²) >= 11 is 0. The molecule has 0 aromatic heterocycles. The van der Waals surface area contributed by atoms with E-state index in [-0.39, 0.29) is 23.9 Å². The Morgan fingerprint density at radius 1 is 1.04 bits per heavy atom. The fourth-order valence-corrected chi connectivity index (χ4v) is 5.62. The summed E-state index contributed by atoms with van der Waals surface area (Å²) < 4.78 is 52.4. The van der Waals surface area contributed by atoms with Crippen LogP contribution < -0.4 is 5.32 Å². The third kappa shape index (κ3) is 3.15. The second-order valence-electron chi connectivity index (χ2n) is 7.97. The molecule has 0 heterocycles. The minimum Gasteiger partial charge on any atom is -0.352 e. The molecule has 5 rings (SSSR count). The van der Waals surface area contributed by atoms with E-state index in [9.17, 15) is 22.4 Å². The van der Waals surface area contributed by atoms with Gasteiger partial charge in [0.25, 0.3) is 0 Å². The molecule has 0 radical (unpaired) electrons. The van der Waals surface area contributed by atoms with E-state index in [4.69, 9.17) is 0 Å². The maximum Gasteiger partial charge on any atom is 0.416 e. The standard InChI is InChI=1S/C19H21F4NO/c20-15-2-1-12(16(8-15)19(21,22)23)9-24-18(25)17-13-4-10-3-11(6-13)7-14(17)5-10/h1-2,8,10-11,13-14,17H,3-7,9H2,(H,24,25). The SMILES string of the molecule is O=C(NCc1ccc(F)cc1C(F)(F)F)C1C2CC3CC(C2)CC1C3. The lowest BCUT2D eigenvalue weighted by Gasteiger charge is -2.53. The molecular formula is C19H21F4NO. The highest BCUT2D eigenvalue weighted by Gasteiger charge is 2.50. The summed E-state index contributed by atoms with van der Waals surface area (Å²) in [5.74, 6) is 1.11. The highest BCUT2D eigenvalue weighted by Crippen LogP contribution is 2.56. The Hall–Kier alpha value is -1.59. The van der Waals surface area contributed by atoms with E-state index in [1.807, 2.05) is 0 Å². The fraction of sp³-hybridized carbons (Fsp3) is 0.632. The zero-order chi connectivity index (χ0) is 17.8. The van der Waals surface area contributed by atoms with Crippen LogP contribution in [0, 0.1) is 35.4 Å². The van der Waals surface area contributed by atoms with Crippen molar-refractivity contribution in [2.45, 2.75) is 44.8 Å². The number of hydrogen-bond donors (Lipinski definition) is 1. The average molecular weight is 355 g/mol. The van der Waals surface area contributed by atoms with E-state index in [1.54, 1.807) is 0 Å². The molecule has 2 nitrogen and oxygen atoms in total. The van der Waals surface area contributed by atoms with Gasteiger partial charge in [0.2, 0.25) is 5.91 Å². The van der Waals surface area contributed by atoms with Gasteiger partial charge >= 0.3 is 6.18 Å². The third-order valence-corrected chi connectivity index (χ3v) is 6.36. The maximum atomic E-state index is 13.2. The molecule has 0 atom stereocenters. The van der Waals surface area contributed by atoms with Crippen LogP contribution in [-0.2, 0) is 17.5 Å². The second-order valence-corrected chi connectivity index (χ2v) is 7.97. The van der Waals surface area contributed by atoms with Crippen LogP contribution in [0.5, 0.6) is 0 Å². The van der Waals surface area contributed by atoms with Gasteiger partial charge in [-0.3, -0.25) is 4.79 Å². The molecule has 136 valence electrons. The van der Waals surface area contributed by atoms with Crippen molar-refractivity contribution in [1.82, 2.24) is 5.32 Å². The van der Waals surface area contributed by atoms with Crippen LogP contribution in [0.4, 0.5) is 17.6 Å². The predicted octanol–water partition coefficient (Wildman–Crippen LogP) is 4.53. The van der Waals surface area contributed by atoms with E-state index in [0.29, 0.717) is 17.9 Å². The van der Waals surface area contributed by atoms with E-state index < -0.39 is 17.6 Å². The van der Waals surface area contributed by atoms with E-state index in [2.05, 4.69) is 5.32 Å². The minimum absolute atomic E-state index is 0.0671. The third-order valence-electron chi connectivity index (χ3n) is 6.36. The van der Waals surface area contributed by atoms with Crippen molar-refractivity contribution in [2.75, 3.05) is 0 Å². The van der Waals surface area contributed by atoms with Gasteiger partial charge in [0.05, 0.1) is 5.56 Å². The average Bonchev–Trinajstić information content (AvgIpc) is 2.51. The van der Waals surface area contributed by atoms with Crippen LogP contribution in [0.2, 0.25) is 0 Å². The van der Waals surface area contributed by atoms with Crippen LogP contribution in [0.1, 0.15) is 43.2 Å². The van der Waals surface area contributed by atoms with Gasteiger partial charge in [0, 0.05) is 12.5 Å². The summed E-state index contributed by atoms with van der Waals surface area (Å²) in [4.78, 5) is 12.7. The van der Waals surface area contributed by atoms with Crippen LogP contribution in [0.25, 0.3) is 0 Å². The number of hydrogen-bond acceptors (Lipinski definition) is 1. The van der Waals surface area contributed by atoms with Gasteiger partial charge in [-0.1, -0.05) is 6.07 Å². The highest BCUT2D eigenvalue weighted by molar-refractivity contribution is 5.79. The quantitative estimate of drug-likeness (QED) is 0.793. The van der Waals surface area contributed by atoms with Gasteiger partial charge < -0.3 is 5.32 Å². The Morgan fingerprint density at radius 2 is 1.64 bits per heavy atom. The lowest BCUT2D eigenvalue weighted by molar-refractivity contribution is -0.140. The number of carbonyl (C=O) groups excluding carboxylic acids is 1. The van der Waals surface area contributed by atoms with Crippen molar-refractivity contribution in [3.8, 4) is 0 Å². The minimum atomic E-state index is -4.63. The molecule has 0 unspecified atom stereocenters. The molecule has 4 aliphatic carbocycles. The summed E-state index contributed by atoms with van der Waals surface area (Å²) in [6, 6.07) is 2.60. The number of halogens is 4. The van der Waals surface area contributed by atoms with Gasteiger partial charge in [-0.2, -0.15) is 13.2 Å². The molecule has 4 aliphatic rings. The lowest BCUT2D eigenvalue weighted by atomic mass is 9.51. The van der Waals surface area contributed by atoms with E-state index in [0.717, 1.165) is 49.7 Å². The van der Waals surface area contributed by atoms with Crippen molar-refractivity contribution < 1.29 is 22.4 Å². The fourth-order valence-electron chi connectivity index (χ4n) is 5.62. The normalized spacial score (nSPS) is 33.5. The maximum absolute atomic E-state index is 13.2. The topological polar surface area (TPSA) is 29.1 Å². The lowest BCUT2D eigenvalue weighted by Crippen LogP contribution is -2.50. The van der Waals surface area contributed by atoms with Crippen molar-refractivity contribution in [1.29, 1.82) is 0 Å². The number of nitrogens with one attached hydrogen (secondary N) is 1. The monoisotopic (exact) mass is 355 g/mol. The number of amides is 1. The van der Waals surface area contributed by atoms with Crippen LogP contribution in [0.3, 0.4) is 0 Å². The molecule has 4 fully saturated rings. The summed E-state index contributed by atoms with van der Waals surface area (Å²) in [6.07, 6.45) is 0.965. The zero-order valence-corrected chi connectivity index (χ0v) is 13.8. The zero-order valence-electron chi connectivity index (χ0n) is 13.8. The Kier molecular flexibility index (Phi) is 4.04. The predicted molar refractivity (Wildman–Crippen MR) is 83.8 cm³/mol. The molecule has 1 N–H and O–H groups in total. The molecule has 25 heavy (non-hydrogen) atoms. The van der Waals surface area contributed by atoms with Crippen molar-refractivity contribution in [3.63, 3.8) is 0 Å². The first-order valence-corrected chi connectivity index (χ1v) is 8.94. The van der Waals surface area contributed by atoms with Crippen LogP contribution in [0.15, 0.2) is 18.2 Å². The van der Waals surface area contributed by atoms with Gasteiger partial charge in [0.15, 0.2) is 0 Å². The van der Waals surface area contributed by atoms with E-state index >= 15 is 0 Å². The summed E-state index contributed by atoms with van der Waals surface area (Å²) in [5, 5.41) is 2.70. The smallest absolute Gasteiger partial charge is 0.352 e. The molecule has 4 saturated carbocycles. The number of rotatable bonds is 3. The molecule has 0 spiro atoms. The first kappa shape index (κ1) is 16.9.